The zero-order chi connectivity index (χ0) is 24.8. The van der Waals surface area contributed by atoms with Gasteiger partial charge in [-0.1, -0.05) is 72.8 Å². The minimum atomic E-state index is 1.03. The molecule has 0 spiro atoms. The molecule has 0 saturated heterocycles. The molecule has 0 aliphatic heterocycles. The summed E-state index contributed by atoms with van der Waals surface area (Å²) in [4.78, 5) is 8.85. The van der Waals surface area contributed by atoms with Crippen LogP contribution in [0.1, 0.15) is 0 Å². The Hall–Kier alpha value is -4.80. The smallest absolute Gasteiger partial charge is 0.116 e. The van der Waals surface area contributed by atoms with E-state index < -0.39 is 0 Å². The van der Waals surface area contributed by atoms with Gasteiger partial charge in [-0.25, -0.2) is 9.97 Å². The molecular weight excluding hydrogens is 482 g/mol. The number of rotatable bonds is 1. The lowest BCUT2D eigenvalue weighted by Crippen LogP contribution is -1.94. The Kier molecular flexibility index (Phi) is 3.93. The number of benzene rings is 6. The summed E-state index contributed by atoms with van der Waals surface area (Å²) in [5.41, 5.74) is 4.62. The SMILES string of the molecule is c1ccc2c(c1)c1ccccc1c1cc(-n3c4ccccc4c4cc5c(cc43)sc3cncnc35)ccc21. The first-order valence-corrected chi connectivity index (χ1v) is 13.6. The van der Waals surface area contributed by atoms with E-state index in [0.29, 0.717) is 0 Å². The summed E-state index contributed by atoms with van der Waals surface area (Å²) in [5, 5.41) is 11.4. The van der Waals surface area contributed by atoms with Gasteiger partial charge in [0.2, 0.25) is 0 Å². The predicted octanol–water partition coefficient (Wildman–Crippen LogP) is 9.40. The standard InChI is InChI=1S/C34H19N3S/c1-2-9-23-21(7-1)22-8-3-4-10-24(22)27-15-20(13-14-25(23)27)37-30-12-6-5-11-26(30)28-16-29-32(17-31(28)37)38-33-18-35-19-36-34(29)33/h1-19H. The van der Waals surface area contributed by atoms with Crippen LogP contribution in [-0.2, 0) is 0 Å². The highest BCUT2D eigenvalue weighted by molar-refractivity contribution is 7.25. The quantitative estimate of drug-likeness (QED) is 0.210. The number of thiophene rings is 1. The number of aromatic nitrogens is 3. The Balaban J connectivity index is 1.43. The molecule has 0 saturated carbocycles. The van der Waals surface area contributed by atoms with E-state index in [1.165, 1.54) is 69.9 Å². The summed E-state index contributed by atoms with van der Waals surface area (Å²) in [6, 6.07) is 37.8. The molecule has 0 atom stereocenters. The van der Waals surface area contributed by atoms with E-state index in [1.54, 1.807) is 17.7 Å². The van der Waals surface area contributed by atoms with Crippen molar-refractivity contribution >= 4 is 85.8 Å². The average Bonchev–Trinajstić information content (AvgIpc) is 3.51. The number of para-hydroxylation sites is 1. The molecule has 3 heterocycles. The molecule has 9 aromatic rings. The van der Waals surface area contributed by atoms with Crippen LogP contribution in [0.5, 0.6) is 0 Å². The molecule has 4 heteroatoms. The summed E-state index contributed by atoms with van der Waals surface area (Å²) >= 11 is 1.76. The van der Waals surface area contributed by atoms with Gasteiger partial charge in [0.05, 0.1) is 21.3 Å². The topological polar surface area (TPSA) is 30.7 Å². The van der Waals surface area contributed by atoms with E-state index in [9.17, 15) is 0 Å². The summed E-state index contributed by atoms with van der Waals surface area (Å²) in [6.45, 7) is 0. The minimum absolute atomic E-state index is 1.03. The van der Waals surface area contributed by atoms with Gasteiger partial charge in [0.1, 0.15) is 6.33 Å². The van der Waals surface area contributed by atoms with Gasteiger partial charge in [-0.05, 0) is 62.6 Å². The third kappa shape index (κ3) is 2.62. The van der Waals surface area contributed by atoms with Gasteiger partial charge in [-0.3, -0.25) is 0 Å². The zero-order valence-corrected chi connectivity index (χ0v) is 21.0. The first-order chi connectivity index (χ1) is 18.8. The monoisotopic (exact) mass is 501 g/mol. The van der Waals surface area contributed by atoms with Gasteiger partial charge in [0.25, 0.3) is 0 Å². The highest BCUT2D eigenvalue weighted by atomic mass is 32.1. The van der Waals surface area contributed by atoms with Crippen LogP contribution in [0.2, 0.25) is 0 Å². The Morgan fingerprint density at radius 2 is 1.16 bits per heavy atom. The number of fused-ring (bicyclic) bond motifs is 12. The summed E-state index contributed by atoms with van der Waals surface area (Å²) in [5.74, 6) is 0. The Bertz CT molecular complexity index is 2380. The number of hydrogen-bond acceptors (Lipinski definition) is 3. The molecule has 176 valence electrons. The van der Waals surface area contributed by atoms with E-state index in [1.807, 2.05) is 6.20 Å². The van der Waals surface area contributed by atoms with Crippen molar-refractivity contribution < 1.29 is 0 Å². The Morgan fingerprint density at radius 1 is 0.500 bits per heavy atom. The predicted molar refractivity (Wildman–Crippen MR) is 162 cm³/mol. The fourth-order valence-corrected chi connectivity index (χ4v) is 7.34. The minimum Gasteiger partial charge on any atom is -0.309 e. The molecule has 0 N–H and O–H groups in total. The van der Waals surface area contributed by atoms with Crippen molar-refractivity contribution in [3.63, 3.8) is 0 Å². The zero-order valence-electron chi connectivity index (χ0n) is 20.2. The fourth-order valence-electron chi connectivity index (χ4n) is 6.29. The van der Waals surface area contributed by atoms with Crippen LogP contribution in [0.4, 0.5) is 0 Å². The van der Waals surface area contributed by atoms with E-state index in [2.05, 4.69) is 118 Å². The van der Waals surface area contributed by atoms with Crippen LogP contribution in [0.25, 0.3) is 80.1 Å². The molecule has 0 aliphatic carbocycles. The number of nitrogens with zero attached hydrogens (tertiary/aromatic N) is 3. The lowest BCUT2D eigenvalue weighted by Gasteiger charge is -2.13. The second-order valence-corrected chi connectivity index (χ2v) is 11.0. The van der Waals surface area contributed by atoms with Crippen molar-refractivity contribution in [1.82, 2.24) is 14.5 Å². The summed E-state index contributed by atoms with van der Waals surface area (Å²) < 4.78 is 4.77. The Labute approximate surface area is 221 Å². The molecule has 0 fully saturated rings. The molecule has 0 unspecified atom stereocenters. The van der Waals surface area contributed by atoms with E-state index in [-0.39, 0.29) is 0 Å². The summed E-state index contributed by atoms with van der Waals surface area (Å²) in [6.07, 6.45) is 3.56. The van der Waals surface area contributed by atoms with Gasteiger partial charge < -0.3 is 4.57 Å². The molecule has 3 aromatic heterocycles. The number of hydrogen-bond donors (Lipinski definition) is 0. The van der Waals surface area contributed by atoms with Crippen molar-refractivity contribution in [3.8, 4) is 5.69 Å². The Morgan fingerprint density at radius 3 is 1.92 bits per heavy atom. The molecule has 3 nitrogen and oxygen atoms in total. The van der Waals surface area contributed by atoms with Crippen LogP contribution < -0.4 is 0 Å². The first kappa shape index (κ1) is 20.3. The van der Waals surface area contributed by atoms with E-state index in [4.69, 9.17) is 0 Å². The molecular formula is C34H19N3S. The lowest BCUT2D eigenvalue weighted by atomic mass is 9.94. The van der Waals surface area contributed by atoms with Crippen molar-refractivity contribution in [3.05, 3.63) is 116 Å². The molecule has 9 rings (SSSR count). The van der Waals surface area contributed by atoms with Crippen LogP contribution in [0, 0.1) is 0 Å². The van der Waals surface area contributed by atoms with Crippen LogP contribution in [0.15, 0.2) is 116 Å². The largest absolute Gasteiger partial charge is 0.309 e. The third-order valence-corrected chi connectivity index (χ3v) is 8.99. The van der Waals surface area contributed by atoms with E-state index in [0.717, 1.165) is 10.2 Å². The van der Waals surface area contributed by atoms with Crippen molar-refractivity contribution in [2.75, 3.05) is 0 Å². The van der Waals surface area contributed by atoms with Gasteiger partial charge in [-0.15, -0.1) is 11.3 Å². The van der Waals surface area contributed by atoms with Crippen LogP contribution >= 0.6 is 11.3 Å². The van der Waals surface area contributed by atoms with Crippen molar-refractivity contribution in [2.45, 2.75) is 0 Å². The molecule has 6 aromatic carbocycles. The second-order valence-electron chi connectivity index (χ2n) is 9.88. The van der Waals surface area contributed by atoms with Crippen molar-refractivity contribution in [1.29, 1.82) is 0 Å². The normalized spacial score (nSPS) is 12.2. The average molecular weight is 502 g/mol. The molecule has 0 amide bonds. The van der Waals surface area contributed by atoms with Gasteiger partial charge in [0.15, 0.2) is 0 Å². The van der Waals surface area contributed by atoms with Crippen LogP contribution in [-0.4, -0.2) is 14.5 Å². The third-order valence-electron chi connectivity index (χ3n) is 7.91. The van der Waals surface area contributed by atoms with Gasteiger partial charge >= 0.3 is 0 Å². The first-order valence-electron chi connectivity index (χ1n) is 12.7. The van der Waals surface area contributed by atoms with Gasteiger partial charge in [-0.2, -0.15) is 0 Å². The maximum absolute atomic E-state index is 4.60. The summed E-state index contributed by atoms with van der Waals surface area (Å²) in [7, 11) is 0. The highest BCUT2D eigenvalue weighted by Crippen LogP contribution is 2.41. The molecule has 38 heavy (non-hydrogen) atoms. The van der Waals surface area contributed by atoms with E-state index >= 15 is 0 Å². The van der Waals surface area contributed by atoms with Gasteiger partial charge in [0, 0.05) is 32.7 Å². The maximum Gasteiger partial charge on any atom is 0.116 e. The lowest BCUT2D eigenvalue weighted by molar-refractivity contribution is 1.19. The maximum atomic E-state index is 4.60. The second kappa shape index (κ2) is 7.37. The highest BCUT2D eigenvalue weighted by Gasteiger charge is 2.17. The van der Waals surface area contributed by atoms with Crippen LogP contribution in [0.3, 0.4) is 0 Å². The fraction of sp³-hybridized carbons (Fsp3) is 0. The van der Waals surface area contributed by atoms with Crippen molar-refractivity contribution in [2.24, 2.45) is 0 Å². The molecule has 0 aliphatic rings. The molecule has 0 radical (unpaired) electrons. The molecule has 0 bridgehead atoms.